The molecule has 0 atom stereocenters. The number of aldehydes is 1. The van der Waals surface area contributed by atoms with Crippen molar-refractivity contribution in [3.8, 4) is 0 Å². The standard InChI is InChI=1S/C5H9NO2/c1-2-5-8-6-3-4-7/h2,4,6H,1,3,5H2. The van der Waals surface area contributed by atoms with Gasteiger partial charge in [0, 0.05) is 0 Å². The molecule has 0 rings (SSSR count). The molecule has 0 radical (unpaired) electrons. The summed E-state index contributed by atoms with van der Waals surface area (Å²) >= 11 is 0. The molecule has 0 amide bonds. The smallest absolute Gasteiger partial charge is 0.136 e. The number of nitrogens with one attached hydrogen (secondary N) is 1. The lowest BCUT2D eigenvalue weighted by molar-refractivity contribution is -0.109. The van der Waals surface area contributed by atoms with Crippen molar-refractivity contribution >= 4 is 6.29 Å². The molecule has 0 aromatic rings. The van der Waals surface area contributed by atoms with E-state index in [1.165, 1.54) is 0 Å². The Morgan fingerprint density at radius 2 is 2.50 bits per heavy atom. The predicted octanol–water partition coefficient (Wildman–Crippen LogP) is -0.108. The van der Waals surface area contributed by atoms with E-state index in [2.05, 4.69) is 16.9 Å². The first kappa shape index (κ1) is 7.33. The van der Waals surface area contributed by atoms with Crippen molar-refractivity contribution < 1.29 is 9.63 Å². The van der Waals surface area contributed by atoms with Gasteiger partial charge in [-0.05, 0) is 0 Å². The van der Waals surface area contributed by atoms with Gasteiger partial charge < -0.3 is 4.79 Å². The molecule has 0 bridgehead atoms. The third-order valence-electron chi connectivity index (χ3n) is 0.470. The fourth-order valence-corrected chi connectivity index (χ4v) is 0.211. The first-order chi connectivity index (χ1) is 3.91. The Morgan fingerprint density at radius 1 is 1.75 bits per heavy atom. The lowest BCUT2D eigenvalue weighted by atomic mass is 10.7. The van der Waals surface area contributed by atoms with Gasteiger partial charge in [0.15, 0.2) is 0 Å². The van der Waals surface area contributed by atoms with Crippen molar-refractivity contribution in [3.05, 3.63) is 12.7 Å². The van der Waals surface area contributed by atoms with Crippen LogP contribution in [0.15, 0.2) is 12.7 Å². The second-order valence-corrected chi connectivity index (χ2v) is 1.11. The molecular formula is C5H9NO2. The summed E-state index contributed by atoms with van der Waals surface area (Å²) in [5.74, 6) is 0. The molecule has 1 N–H and O–H groups in total. The normalized spacial score (nSPS) is 8.50. The third-order valence-corrected chi connectivity index (χ3v) is 0.470. The molecule has 0 aromatic heterocycles. The van der Waals surface area contributed by atoms with Crippen LogP contribution in [0.5, 0.6) is 0 Å². The summed E-state index contributed by atoms with van der Waals surface area (Å²) < 4.78 is 0. The lowest BCUT2D eigenvalue weighted by Crippen LogP contribution is -2.16. The fourth-order valence-electron chi connectivity index (χ4n) is 0.211. The van der Waals surface area contributed by atoms with E-state index in [0.717, 1.165) is 6.29 Å². The molecule has 3 heteroatoms. The van der Waals surface area contributed by atoms with Crippen LogP contribution < -0.4 is 5.48 Å². The van der Waals surface area contributed by atoms with Gasteiger partial charge >= 0.3 is 0 Å². The first-order valence-corrected chi connectivity index (χ1v) is 2.31. The fraction of sp³-hybridized carbons (Fsp3) is 0.400. The number of hydroxylamine groups is 1. The van der Waals surface area contributed by atoms with E-state index >= 15 is 0 Å². The molecule has 46 valence electrons. The summed E-state index contributed by atoms with van der Waals surface area (Å²) in [5, 5.41) is 0. The third kappa shape index (κ3) is 5.33. The van der Waals surface area contributed by atoms with Crippen molar-refractivity contribution in [2.75, 3.05) is 13.2 Å². The molecular weight excluding hydrogens is 106 g/mol. The molecule has 0 saturated heterocycles. The van der Waals surface area contributed by atoms with E-state index in [4.69, 9.17) is 0 Å². The highest BCUT2D eigenvalue weighted by Gasteiger charge is 1.77. The minimum atomic E-state index is 0.230. The Labute approximate surface area is 48.3 Å². The zero-order valence-corrected chi connectivity index (χ0v) is 4.59. The van der Waals surface area contributed by atoms with Crippen LogP contribution >= 0.6 is 0 Å². The largest absolute Gasteiger partial charge is 0.302 e. The van der Waals surface area contributed by atoms with Crippen LogP contribution in [0.3, 0.4) is 0 Å². The summed E-state index contributed by atoms with van der Waals surface area (Å²) in [6.45, 7) is 4.06. The van der Waals surface area contributed by atoms with Crippen LogP contribution in [-0.4, -0.2) is 19.4 Å². The van der Waals surface area contributed by atoms with Gasteiger partial charge in [-0.1, -0.05) is 6.08 Å². The molecule has 0 fully saturated rings. The van der Waals surface area contributed by atoms with E-state index < -0.39 is 0 Å². The highest BCUT2D eigenvalue weighted by Crippen LogP contribution is 1.64. The summed E-state index contributed by atoms with van der Waals surface area (Å²) in [5.41, 5.74) is 2.40. The number of rotatable bonds is 5. The van der Waals surface area contributed by atoms with Crippen molar-refractivity contribution in [1.29, 1.82) is 0 Å². The van der Waals surface area contributed by atoms with Crippen LogP contribution in [0.1, 0.15) is 0 Å². The number of carbonyl (C=O) groups is 1. The molecule has 0 aliphatic rings. The van der Waals surface area contributed by atoms with Crippen molar-refractivity contribution in [1.82, 2.24) is 5.48 Å². The average Bonchev–Trinajstić information content (AvgIpc) is 1.81. The van der Waals surface area contributed by atoms with Crippen LogP contribution in [0, 0.1) is 0 Å². The van der Waals surface area contributed by atoms with Gasteiger partial charge in [0.1, 0.15) is 6.29 Å². The van der Waals surface area contributed by atoms with E-state index in [9.17, 15) is 4.79 Å². The Balaban J connectivity index is 2.71. The Kier molecular flexibility index (Phi) is 5.80. The Morgan fingerprint density at radius 3 is 3.00 bits per heavy atom. The van der Waals surface area contributed by atoms with Gasteiger partial charge in [0.2, 0.25) is 0 Å². The van der Waals surface area contributed by atoms with Crippen LogP contribution in [0.2, 0.25) is 0 Å². The van der Waals surface area contributed by atoms with Crippen LogP contribution in [0.25, 0.3) is 0 Å². The second-order valence-electron chi connectivity index (χ2n) is 1.11. The maximum absolute atomic E-state index is 9.60. The number of carbonyl (C=O) groups excluding carboxylic acids is 1. The highest BCUT2D eigenvalue weighted by atomic mass is 16.6. The van der Waals surface area contributed by atoms with Gasteiger partial charge in [-0.25, -0.2) is 0 Å². The van der Waals surface area contributed by atoms with Crippen molar-refractivity contribution in [2.24, 2.45) is 0 Å². The number of hydrogen-bond donors (Lipinski definition) is 1. The highest BCUT2D eigenvalue weighted by molar-refractivity contribution is 5.51. The molecule has 3 nitrogen and oxygen atoms in total. The maximum atomic E-state index is 9.60. The van der Waals surface area contributed by atoms with E-state index in [1.54, 1.807) is 6.08 Å². The van der Waals surface area contributed by atoms with Gasteiger partial charge in [-0.3, -0.25) is 4.84 Å². The summed E-state index contributed by atoms with van der Waals surface area (Å²) in [6, 6.07) is 0. The summed E-state index contributed by atoms with van der Waals surface area (Å²) in [4.78, 5) is 14.2. The van der Waals surface area contributed by atoms with Crippen LogP contribution in [0.4, 0.5) is 0 Å². The van der Waals surface area contributed by atoms with Gasteiger partial charge in [-0.15, -0.1) is 6.58 Å². The van der Waals surface area contributed by atoms with Crippen LogP contribution in [-0.2, 0) is 9.63 Å². The average molecular weight is 115 g/mol. The molecule has 0 unspecified atom stereocenters. The first-order valence-electron chi connectivity index (χ1n) is 2.31. The molecule has 0 heterocycles. The maximum Gasteiger partial charge on any atom is 0.136 e. The van der Waals surface area contributed by atoms with E-state index in [1.807, 2.05) is 0 Å². The molecule has 0 aliphatic carbocycles. The van der Waals surface area contributed by atoms with Gasteiger partial charge in [-0.2, -0.15) is 5.48 Å². The second kappa shape index (κ2) is 6.33. The number of hydrogen-bond acceptors (Lipinski definition) is 3. The summed E-state index contributed by atoms with van der Waals surface area (Å²) in [6.07, 6.45) is 2.32. The Bertz CT molecular complexity index is 62.8. The zero-order valence-electron chi connectivity index (χ0n) is 4.59. The van der Waals surface area contributed by atoms with E-state index in [-0.39, 0.29) is 6.54 Å². The molecule has 0 saturated carbocycles. The van der Waals surface area contributed by atoms with Crippen molar-refractivity contribution in [2.45, 2.75) is 0 Å². The zero-order chi connectivity index (χ0) is 6.24. The van der Waals surface area contributed by atoms with Crippen molar-refractivity contribution in [3.63, 3.8) is 0 Å². The molecule has 8 heavy (non-hydrogen) atoms. The predicted molar refractivity (Wildman–Crippen MR) is 30.2 cm³/mol. The lowest BCUT2D eigenvalue weighted by Gasteiger charge is -1.94. The van der Waals surface area contributed by atoms with E-state index in [0.29, 0.717) is 6.61 Å². The molecule has 0 aromatic carbocycles. The minimum absolute atomic E-state index is 0.230. The minimum Gasteiger partial charge on any atom is -0.302 e. The quantitative estimate of drug-likeness (QED) is 0.235. The van der Waals surface area contributed by atoms with Gasteiger partial charge in [0.05, 0.1) is 13.2 Å². The molecule has 0 aliphatic heterocycles. The summed E-state index contributed by atoms with van der Waals surface area (Å²) in [7, 11) is 0. The topological polar surface area (TPSA) is 38.3 Å². The Hall–Kier alpha value is -0.670. The van der Waals surface area contributed by atoms with Gasteiger partial charge in [0.25, 0.3) is 0 Å². The monoisotopic (exact) mass is 115 g/mol. The SMILES string of the molecule is C=CCONCC=O. The molecule has 0 spiro atoms.